The molecule has 3 rings (SSSR count). The number of hydrogen-bond acceptors (Lipinski definition) is 0. The molecule has 3 unspecified atom stereocenters. The number of benzene rings is 1. The molecule has 0 nitrogen and oxygen atoms in total. The lowest BCUT2D eigenvalue weighted by atomic mass is 9.75. The Morgan fingerprint density at radius 2 is 1.53 bits per heavy atom. The Hall–Kier alpha value is -0.780. The number of rotatable bonds is 1. The fourth-order valence-corrected chi connectivity index (χ4v) is 4.38. The van der Waals surface area contributed by atoms with E-state index in [1.807, 2.05) is 0 Å². The van der Waals surface area contributed by atoms with Crippen LogP contribution >= 0.6 is 0 Å². The van der Waals surface area contributed by atoms with Gasteiger partial charge in [-0.1, -0.05) is 64.3 Å². The van der Waals surface area contributed by atoms with Gasteiger partial charge in [0.05, 0.1) is 0 Å². The molecule has 1 aromatic rings. The molecule has 1 aromatic carbocycles. The van der Waals surface area contributed by atoms with E-state index in [2.05, 4.69) is 45.0 Å². The molecule has 3 atom stereocenters. The zero-order valence-corrected chi connectivity index (χ0v) is 12.8. The van der Waals surface area contributed by atoms with Gasteiger partial charge in [0.2, 0.25) is 0 Å². The highest BCUT2D eigenvalue weighted by Crippen LogP contribution is 2.50. The zero-order valence-electron chi connectivity index (χ0n) is 12.8. The van der Waals surface area contributed by atoms with Crippen LogP contribution in [0.1, 0.15) is 76.3 Å². The maximum absolute atomic E-state index is 2.42. The minimum absolute atomic E-state index is 0.279. The summed E-state index contributed by atoms with van der Waals surface area (Å²) in [4.78, 5) is 0. The molecule has 0 bridgehead atoms. The Bertz CT molecular complexity index is 420. The van der Waals surface area contributed by atoms with E-state index >= 15 is 0 Å². The Morgan fingerprint density at radius 3 is 2.21 bits per heavy atom. The fourth-order valence-electron chi connectivity index (χ4n) is 4.38. The van der Waals surface area contributed by atoms with Crippen molar-refractivity contribution >= 4 is 0 Å². The van der Waals surface area contributed by atoms with Gasteiger partial charge in [-0.25, -0.2) is 0 Å². The normalized spacial score (nSPS) is 31.2. The predicted octanol–water partition coefficient (Wildman–Crippen LogP) is 5.67. The van der Waals surface area contributed by atoms with E-state index in [1.54, 1.807) is 5.56 Å². The summed E-state index contributed by atoms with van der Waals surface area (Å²) < 4.78 is 0. The lowest BCUT2D eigenvalue weighted by molar-refractivity contribution is 0.260. The van der Waals surface area contributed by atoms with Crippen LogP contribution in [0.25, 0.3) is 0 Å². The van der Waals surface area contributed by atoms with Gasteiger partial charge in [0.1, 0.15) is 0 Å². The molecular weight excluding hydrogens is 228 g/mol. The molecule has 2 aliphatic carbocycles. The van der Waals surface area contributed by atoms with Crippen molar-refractivity contribution in [3.8, 4) is 0 Å². The lowest BCUT2D eigenvalue weighted by Crippen LogP contribution is -2.18. The second-order valence-corrected chi connectivity index (χ2v) is 7.76. The molecule has 19 heavy (non-hydrogen) atoms. The summed E-state index contributed by atoms with van der Waals surface area (Å²) in [5.41, 5.74) is 3.36. The molecule has 104 valence electrons. The van der Waals surface area contributed by atoms with Gasteiger partial charge >= 0.3 is 0 Å². The predicted molar refractivity (Wildman–Crippen MR) is 82.6 cm³/mol. The summed E-state index contributed by atoms with van der Waals surface area (Å²) in [5.74, 6) is 2.90. The van der Waals surface area contributed by atoms with Crippen LogP contribution in [0.5, 0.6) is 0 Å². The van der Waals surface area contributed by atoms with Crippen molar-refractivity contribution in [1.29, 1.82) is 0 Å². The van der Waals surface area contributed by atoms with Gasteiger partial charge in [0.25, 0.3) is 0 Å². The van der Waals surface area contributed by atoms with E-state index < -0.39 is 0 Å². The van der Waals surface area contributed by atoms with Gasteiger partial charge in [-0.2, -0.15) is 0 Å². The summed E-state index contributed by atoms with van der Waals surface area (Å²) in [5, 5.41) is 0. The van der Waals surface area contributed by atoms with Crippen molar-refractivity contribution in [2.75, 3.05) is 0 Å². The minimum Gasteiger partial charge on any atom is -0.0585 e. The van der Waals surface area contributed by atoms with E-state index in [1.165, 1.54) is 44.1 Å². The van der Waals surface area contributed by atoms with Gasteiger partial charge in [-0.3, -0.25) is 0 Å². The van der Waals surface area contributed by atoms with E-state index in [0.29, 0.717) is 0 Å². The standard InChI is InChI=1S/C19H28/c1-19(2,3)16-11-8-15(9-12-16)18-13-10-14-6-4-5-7-17(14)18/h8-9,11-12,14,17-18H,4-7,10,13H2,1-3H3. The molecule has 0 heteroatoms. The highest BCUT2D eigenvalue weighted by molar-refractivity contribution is 5.30. The zero-order chi connectivity index (χ0) is 13.5. The van der Waals surface area contributed by atoms with Crippen molar-refractivity contribution < 1.29 is 0 Å². The molecule has 2 saturated carbocycles. The summed E-state index contributed by atoms with van der Waals surface area (Å²) in [7, 11) is 0. The fraction of sp³-hybridized carbons (Fsp3) is 0.684. The molecular formula is C19H28. The maximum atomic E-state index is 2.42. The first kappa shape index (κ1) is 13.2. The maximum Gasteiger partial charge on any atom is -0.0131 e. The van der Waals surface area contributed by atoms with Crippen molar-refractivity contribution in [2.24, 2.45) is 11.8 Å². The lowest BCUT2D eigenvalue weighted by Gasteiger charge is -2.30. The highest BCUT2D eigenvalue weighted by atomic mass is 14.4. The van der Waals surface area contributed by atoms with Gasteiger partial charge in [-0.05, 0) is 53.6 Å². The minimum atomic E-state index is 0.279. The largest absolute Gasteiger partial charge is 0.0585 e. The second-order valence-electron chi connectivity index (χ2n) is 7.76. The van der Waals surface area contributed by atoms with Crippen molar-refractivity contribution in [2.45, 2.75) is 70.6 Å². The first-order chi connectivity index (χ1) is 9.05. The van der Waals surface area contributed by atoms with E-state index in [9.17, 15) is 0 Å². The Balaban J connectivity index is 1.79. The average molecular weight is 256 g/mol. The third-order valence-corrected chi connectivity index (χ3v) is 5.54. The molecule has 0 N–H and O–H groups in total. The third kappa shape index (κ3) is 2.59. The van der Waals surface area contributed by atoms with Crippen molar-refractivity contribution in [3.05, 3.63) is 35.4 Å². The van der Waals surface area contributed by atoms with Crippen molar-refractivity contribution in [1.82, 2.24) is 0 Å². The molecule has 0 saturated heterocycles. The van der Waals surface area contributed by atoms with Crippen LogP contribution in [0, 0.1) is 11.8 Å². The Labute approximate surface area is 118 Å². The van der Waals surface area contributed by atoms with Gasteiger partial charge in [0.15, 0.2) is 0 Å². The van der Waals surface area contributed by atoms with Crippen LogP contribution in [-0.2, 0) is 5.41 Å². The summed E-state index contributed by atoms with van der Waals surface area (Å²) in [6.07, 6.45) is 8.85. The van der Waals surface area contributed by atoms with E-state index in [4.69, 9.17) is 0 Å². The Morgan fingerprint density at radius 1 is 0.842 bits per heavy atom. The van der Waals surface area contributed by atoms with Crippen LogP contribution in [0.15, 0.2) is 24.3 Å². The quantitative estimate of drug-likeness (QED) is 0.607. The SMILES string of the molecule is CC(C)(C)c1ccc(C2CCC3CCCCC32)cc1. The molecule has 0 radical (unpaired) electrons. The average Bonchev–Trinajstić information content (AvgIpc) is 2.82. The molecule has 0 aliphatic heterocycles. The molecule has 2 aliphatic rings. The van der Waals surface area contributed by atoms with Crippen LogP contribution in [0.3, 0.4) is 0 Å². The molecule has 0 spiro atoms. The second kappa shape index (κ2) is 4.96. The van der Waals surface area contributed by atoms with E-state index in [-0.39, 0.29) is 5.41 Å². The van der Waals surface area contributed by atoms with Gasteiger partial charge in [0, 0.05) is 0 Å². The monoisotopic (exact) mass is 256 g/mol. The molecule has 2 fully saturated rings. The van der Waals surface area contributed by atoms with Crippen molar-refractivity contribution in [3.63, 3.8) is 0 Å². The summed E-state index contributed by atoms with van der Waals surface area (Å²) in [6.45, 7) is 6.90. The van der Waals surface area contributed by atoms with Crippen LogP contribution in [0.4, 0.5) is 0 Å². The van der Waals surface area contributed by atoms with E-state index in [0.717, 1.165) is 17.8 Å². The molecule has 0 aromatic heterocycles. The first-order valence-electron chi connectivity index (χ1n) is 8.16. The topological polar surface area (TPSA) is 0 Å². The Kier molecular flexibility index (Phi) is 3.45. The van der Waals surface area contributed by atoms with Crippen LogP contribution < -0.4 is 0 Å². The third-order valence-electron chi connectivity index (χ3n) is 5.54. The first-order valence-corrected chi connectivity index (χ1v) is 8.16. The summed E-state index contributed by atoms with van der Waals surface area (Å²) in [6, 6.07) is 9.57. The summed E-state index contributed by atoms with van der Waals surface area (Å²) >= 11 is 0. The van der Waals surface area contributed by atoms with Crippen LogP contribution in [-0.4, -0.2) is 0 Å². The number of hydrogen-bond donors (Lipinski definition) is 0. The molecule has 0 amide bonds. The van der Waals surface area contributed by atoms with Gasteiger partial charge in [-0.15, -0.1) is 0 Å². The number of fused-ring (bicyclic) bond motifs is 1. The highest BCUT2D eigenvalue weighted by Gasteiger charge is 2.37. The van der Waals surface area contributed by atoms with Crippen LogP contribution in [0.2, 0.25) is 0 Å². The smallest absolute Gasteiger partial charge is 0.0131 e. The van der Waals surface area contributed by atoms with Gasteiger partial charge < -0.3 is 0 Å². The molecule has 0 heterocycles.